The highest BCUT2D eigenvalue weighted by molar-refractivity contribution is 5.93. The highest BCUT2D eigenvalue weighted by atomic mass is 16.5. The number of para-hydroxylation sites is 1. The van der Waals surface area contributed by atoms with E-state index in [2.05, 4.69) is 217 Å². The van der Waals surface area contributed by atoms with Gasteiger partial charge in [0.05, 0.1) is 5.41 Å². The van der Waals surface area contributed by atoms with Crippen LogP contribution in [0.3, 0.4) is 0 Å². The van der Waals surface area contributed by atoms with Crippen LogP contribution >= 0.6 is 0 Å². The molecule has 0 radical (unpaired) electrons. The van der Waals surface area contributed by atoms with E-state index in [1.54, 1.807) is 0 Å². The molecule has 1 aliphatic carbocycles. The normalized spacial score (nSPS) is 13.0. The summed E-state index contributed by atoms with van der Waals surface area (Å²) in [5.74, 6) is 1.75. The minimum absolute atomic E-state index is 0.624. The predicted octanol–water partition coefficient (Wildman–Crippen LogP) is 14.1. The van der Waals surface area contributed by atoms with Gasteiger partial charge < -0.3 is 9.64 Å². The molecule has 0 bridgehead atoms. The van der Waals surface area contributed by atoms with Crippen LogP contribution in [0, 0.1) is 0 Å². The lowest BCUT2D eigenvalue weighted by Gasteiger charge is -2.40. The standard InChI is InChI=1S/C53H35NO/c1-4-14-36(15-5-1)40-25-30-48-51(33-40)55-52-34-41(37-16-6-2-7-17-37)26-31-49(52)53(48)47-23-13-12-22-45(47)46-29-28-44(35-50(46)53)54(42-20-8-3-9-21-42)43-27-24-38-18-10-11-19-39(38)32-43/h1-35H. The number of nitrogens with zero attached hydrogens (tertiary/aromatic N) is 1. The number of benzene rings is 9. The van der Waals surface area contributed by atoms with E-state index in [4.69, 9.17) is 4.74 Å². The predicted molar refractivity (Wildman–Crippen MR) is 227 cm³/mol. The molecule has 1 spiro atoms. The maximum atomic E-state index is 7.07. The fourth-order valence-corrected chi connectivity index (χ4v) is 9.04. The van der Waals surface area contributed by atoms with Gasteiger partial charge in [-0.25, -0.2) is 0 Å². The van der Waals surface area contributed by atoms with E-state index in [0.29, 0.717) is 0 Å². The number of ether oxygens (including phenoxy) is 1. The zero-order chi connectivity index (χ0) is 36.3. The first-order valence-electron chi connectivity index (χ1n) is 18.9. The van der Waals surface area contributed by atoms with Crippen LogP contribution in [0.15, 0.2) is 212 Å². The van der Waals surface area contributed by atoms with Gasteiger partial charge in [0.15, 0.2) is 0 Å². The number of anilines is 3. The Morgan fingerprint density at radius 1 is 0.309 bits per heavy atom. The van der Waals surface area contributed by atoms with Crippen LogP contribution in [0.5, 0.6) is 11.5 Å². The Kier molecular flexibility index (Phi) is 7.11. The van der Waals surface area contributed by atoms with Gasteiger partial charge in [0.2, 0.25) is 0 Å². The van der Waals surface area contributed by atoms with E-state index in [1.165, 1.54) is 33.0 Å². The molecule has 2 nitrogen and oxygen atoms in total. The van der Waals surface area contributed by atoms with Gasteiger partial charge in [-0.2, -0.15) is 0 Å². The Morgan fingerprint density at radius 2 is 0.836 bits per heavy atom. The molecule has 0 atom stereocenters. The van der Waals surface area contributed by atoms with Crippen molar-refractivity contribution in [3.8, 4) is 44.9 Å². The van der Waals surface area contributed by atoms with Crippen LogP contribution in [-0.4, -0.2) is 0 Å². The molecule has 2 heteroatoms. The molecular weight excluding hydrogens is 667 g/mol. The maximum absolute atomic E-state index is 7.07. The van der Waals surface area contributed by atoms with Gasteiger partial charge >= 0.3 is 0 Å². The summed E-state index contributed by atoms with van der Waals surface area (Å²) < 4.78 is 7.07. The molecule has 0 saturated carbocycles. The van der Waals surface area contributed by atoms with Crippen LogP contribution in [0.25, 0.3) is 44.2 Å². The first-order valence-corrected chi connectivity index (χ1v) is 18.9. The van der Waals surface area contributed by atoms with Crippen molar-refractivity contribution in [1.82, 2.24) is 0 Å². The summed E-state index contributed by atoms with van der Waals surface area (Å²) in [6.07, 6.45) is 0. The number of rotatable bonds is 5. The first-order chi connectivity index (χ1) is 27.3. The van der Waals surface area contributed by atoms with Crippen molar-refractivity contribution in [2.45, 2.75) is 5.41 Å². The zero-order valence-corrected chi connectivity index (χ0v) is 30.1. The Bertz CT molecular complexity index is 2810. The van der Waals surface area contributed by atoms with Gasteiger partial charge in [-0.05, 0) is 104 Å². The number of hydrogen-bond donors (Lipinski definition) is 0. The van der Waals surface area contributed by atoms with E-state index in [0.717, 1.165) is 61.9 Å². The minimum Gasteiger partial charge on any atom is -0.457 e. The third kappa shape index (κ3) is 4.89. The second-order valence-corrected chi connectivity index (χ2v) is 14.5. The number of hydrogen-bond acceptors (Lipinski definition) is 2. The Balaban J connectivity index is 1.19. The first kappa shape index (κ1) is 31.4. The van der Waals surface area contributed by atoms with Gasteiger partial charge in [0, 0.05) is 28.2 Å². The van der Waals surface area contributed by atoms with Crippen LogP contribution in [0.4, 0.5) is 17.1 Å². The molecule has 0 aromatic heterocycles. The zero-order valence-electron chi connectivity index (χ0n) is 30.1. The second kappa shape index (κ2) is 12.5. The summed E-state index contributed by atoms with van der Waals surface area (Å²) in [5, 5.41) is 2.43. The van der Waals surface area contributed by atoms with E-state index >= 15 is 0 Å². The van der Waals surface area contributed by atoms with Gasteiger partial charge in [-0.3, -0.25) is 0 Å². The summed E-state index contributed by atoms with van der Waals surface area (Å²) in [4.78, 5) is 2.39. The molecule has 2 aliphatic rings. The average molecular weight is 702 g/mol. The molecule has 11 rings (SSSR count). The van der Waals surface area contributed by atoms with Gasteiger partial charge in [-0.1, -0.05) is 164 Å². The van der Waals surface area contributed by atoms with Crippen LogP contribution < -0.4 is 9.64 Å². The fraction of sp³-hybridized carbons (Fsp3) is 0.0189. The van der Waals surface area contributed by atoms with Crippen LogP contribution in [-0.2, 0) is 5.41 Å². The Hall–Kier alpha value is -7.16. The van der Waals surface area contributed by atoms with Gasteiger partial charge in [0.25, 0.3) is 0 Å². The maximum Gasteiger partial charge on any atom is 0.132 e. The van der Waals surface area contributed by atoms with Crippen LogP contribution in [0.2, 0.25) is 0 Å². The molecule has 0 saturated heterocycles. The smallest absolute Gasteiger partial charge is 0.132 e. The monoisotopic (exact) mass is 701 g/mol. The van der Waals surface area contributed by atoms with E-state index in [9.17, 15) is 0 Å². The van der Waals surface area contributed by atoms with E-state index < -0.39 is 5.41 Å². The van der Waals surface area contributed by atoms with Crippen molar-refractivity contribution in [2.75, 3.05) is 4.90 Å². The van der Waals surface area contributed by atoms with Gasteiger partial charge in [-0.15, -0.1) is 0 Å². The lowest BCUT2D eigenvalue weighted by Crippen LogP contribution is -2.32. The second-order valence-electron chi connectivity index (χ2n) is 14.5. The third-order valence-corrected chi connectivity index (χ3v) is 11.5. The largest absolute Gasteiger partial charge is 0.457 e. The third-order valence-electron chi connectivity index (χ3n) is 11.5. The van der Waals surface area contributed by atoms with Crippen molar-refractivity contribution in [3.05, 3.63) is 235 Å². The van der Waals surface area contributed by atoms with E-state index in [1.807, 2.05) is 0 Å². The van der Waals surface area contributed by atoms with Crippen molar-refractivity contribution in [2.24, 2.45) is 0 Å². The molecule has 0 N–H and O–H groups in total. The molecule has 55 heavy (non-hydrogen) atoms. The summed E-state index contributed by atoms with van der Waals surface area (Å²) >= 11 is 0. The molecule has 1 heterocycles. The highest BCUT2D eigenvalue weighted by Crippen LogP contribution is 2.63. The lowest BCUT2D eigenvalue weighted by molar-refractivity contribution is 0.437. The minimum atomic E-state index is -0.624. The summed E-state index contributed by atoms with van der Waals surface area (Å²) in [6.45, 7) is 0. The Morgan fingerprint density at radius 3 is 1.51 bits per heavy atom. The Labute approximate surface area is 321 Å². The topological polar surface area (TPSA) is 12.5 Å². The lowest BCUT2D eigenvalue weighted by atomic mass is 9.65. The molecule has 0 fully saturated rings. The molecule has 0 amide bonds. The average Bonchev–Trinajstić information content (AvgIpc) is 3.54. The van der Waals surface area contributed by atoms with Crippen molar-refractivity contribution in [3.63, 3.8) is 0 Å². The van der Waals surface area contributed by atoms with Crippen molar-refractivity contribution in [1.29, 1.82) is 0 Å². The molecule has 1 aliphatic heterocycles. The molecule has 0 unspecified atom stereocenters. The molecular formula is C53H35NO. The summed E-state index contributed by atoms with van der Waals surface area (Å²) in [7, 11) is 0. The van der Waals surface area contributed by atoms with Gasteiger partial charge in [0.1, 0.15) is 11.5 Å². The molecule has 9 aromatic rings. The molecule has 9 aromatic carbocycles. The van der Waals surface area contributed by atoms with Crippen molar-refractivity contribution >= 4 is 27.8 Å². The molecule has 258 valence electrons. The summed E-state index contributed by atoms with van der Waals surface area (Å²) in [5.41, 5.74) is 14.6. The summed E-state index contributed by atoms with van der Waals surface area (Å²) in [6, 6.07) is 76.9. The highest BCUT2D eigenvalue weighted by Gasteiger charge is 2.51. The van der Waals surface area contributed by atoms with Crippen LogP contribution in [0.1, 0.15) is 22.3 Å². The van der Waals surface area contributed by atoms with Crippen molar-refractivity contribution < 1.29 is 4.74 Å². The number of fused-ring (bicyclic) bond motifs is 10. The quantitative estimate of drug-likeness (QED) is 0.177. The van der Waals surface area contributed by atoms with E-state index in [-0.39, 0.29) is 0 Å². The SMILES string of the molecule is c1ccc(-c2ccc3c(c2)Oc2cc(-c4ccccc4)ccc2C32c3ccccc3-c3ccc(N(c4ccccc4)c4ccc5ccccc5c4)cc32)cc1. The fourth-order valence-electron chi connectivity index (χ4n) is 9.04.